The Morgan fingerprint density at radius 3 is 2.53 bits per heavy atom. The minimum Gasteiger partial charge on any atom is -0.377 e. The number of aldehydes is 1. The van der Waals surface area contributed by atoms with Crippen LogP contribution in [-0.4, -0.2) is 24.8 Å². The molecule has 4 nitrogen and oxygen atoms in total. The molecule has 0 N–H and O–H groups in total. The highest BCUT2D eigenvalue weighted by Gasteiger charge is 2.41. The van der Waals surface area contributed by atoms with Crippen LogP contribution in [0.1, 0.15) is 56.1 Å². The average molecular weight is 404 g/mol. The lowest BCUT2D eigenvalue weighted by atomic mass is 9.77. The third kappa shape index (κ3) is 5.23. The molecule has 0 bridgehead atoms. The highest BCUT2D eigenvalue weighted by atomic mass is 16.5. The van der Waals surface area contributed by atoms with E-state index in [1.807, 2.05) is 18.2 Å². The molecule has 1 aliphatic rings. The summed E-state index contributed by atoms with van der Waals surface area (Å²) in [6, 6.07) is 18.1. The second-order valence-electron chi connectivity index (χ2n) is 8.23. The number of carbonyl (C=O) groups excluding carboxylic acids is 2. The first-order valence-corrected chi connectivity index (χ1v) is 10.7. The van der Waals surface area contributed by atoms with Crippen LogP contribution in [0.25, 0.3) is 11.1 Å². The van der Waals surface area contributed by atoms with Gasteiger partial charge in [0, 0.05) is 13.5 Å². The Kier molecular flexibility index (Phi) is 7.54. The smallest absolute Gasteiger partial charge is 0.142 e. The zero-order chi connectivity index (χ0) is 21.4. The number of aryl methyl sites for hydroxylation is 1. The van der Waals surface area contributed by atoms with Crippen molar-refractivity contribution in [3.05, 3.63) is 59.7 Å². The van der Waals surface area contributed by atoms with E-state index >= 15 is 0 Å². The summed E-state index contributed by atoms with van der Waals surface area (Å²) in [6.07, 6.45) is 7.06. The van der Waals surface area contributed by atoms with E-state index in [2.05, 4.69) is 30.3 Å². The second-order valence-corrected chi connectivity index (χ2v) is 8.23. The van der Waals surface area contributed by atoms with Crippen molar-refractivity contribution in [3.63, 3.8) is 0 Å². The summed E-state index contributed by atoms with van der Waals surface area (Å²) in [5, 5.41) is 9.10. The van der Waals surface area contributed by atoms with Gasteiger partial charge in [0.25, 0.3) is 0 Å². The summed E-state index contributed by atoms with van der Waals surface area (Å²) >= 11 is 0. The Morgan fingerprint density at radius 2 is 1.90 bits per heavy atom. The number of methoxy groups -OCH3 is 1. The molecule has 3 rings (SSSR count). The number of carbonyl (C=O) groups is 2. The SMILES string of the molecule is COC(CCc1ccc(-c2cccc(C#N)c2)cc1)(CC(=O)CC=O)C1CCCC1. The Bertz CT molecular complexity index is 907. The predicted molar refractivity (Wildman–Crippen MR) is 117 cm³/mol. The quantitative estimate of drug-likeness (QED) is 0.400. The highest BCUT2D eigenvalue weighted by molar-refractivity contribution is 5.90. The number of nitrogens with zero attached hydrogens (tertiary/aromatic N) is 1. The molecule has 1 unspecified atom stereocenters. The van der Waals surface area contributed by atoms with Crippen LogP contribution in [0.5, 0.6) is 0 Å². The standard InChI is InChI=1S/C26H29NO3/c1-30-26(18-25(29)14-16-28,24-7-2-3-8-24)15-13-20-9-11-22(12-10-20)23-6-4-5-21(17-23)19-27/h4-6,9-12,16-17,24H,2-3,7-8,13-15,18H2,1H3. The lowest BCUT2D eigenvalue weighted by Crippen LogP contribution is -2.41. The van der Waals surface area contributed by atoms with Crippen molar-refractivity contribution in [2.24, 2.45) is 5.92 Å². The molecule has 0 aromatic heterocycles. The van der Waals surface area contributed by atoms with Crippen LogP contribution in [0.2, 0.25) is 0 Å². The second kappa shape index (κ2) is 10.3. The van der Waals surface area contributed by atoms with Gasteiger partial charge in [0.1, 0.15) is 12.1 Å². The van der Waals surface area contributed by atoms with Crippen LogP contribution in [-0.2, 0) is 20.7 Å². The molecule has 0 heterocycles. The van der Waals surface area contributed by atoms with Gasteiger partial charge in [0.2, 0.25) is 0 Å². The maximum absolute atomic E-state index is 12.3. The number of ketones is 1. The summed E-state index contributed by atoms with van der Waals surface area (Å²) in [7, 11) is 1.71. The molecule has 2 aromatic carbocycles. The summed E-state index contributed by atoms with van der Waals surface area (Å²) in [6.45, 7) is 0. The van der Waals surface area contributed by atoms with Crippen LogP contribution in [0, 0.1) is 17.2 Å². The van der Waals surface area contributed by atoms with Gasteiger partial charge in [-0.05, 0) is 60.4 Å². The molecule has 0 aliphatic heterocycles. The first-order valence-electron chi connectivity index (χ1n) is 10.7. The Balaban J connectivity index is 1.73. The maximum atomic E-state index is 12.3. The van der Waals surface area contributed by atoms with Crippen molar-refractivity contribution in [1.82, 2.24) is 0 Å². The molecule has 1 atom stereocenters. The van der Waals surface area contributed by atoms with Crippen molar-refractivity contribution < 1.29 is 14.3 Å². The summed E-state index contributed by atoms with van der Waals surface area (Å²) < 4.78 is 6.01. The maximum Gasteiger partial charge on any atom is 0.142 e. The van der Waals surface area contributed by atoms with Crippen molar-refractivity contribution in [2.45, 2.75) is 57.0 Å². The molecule has 4 heteroatoms. The van der Waals surface area contributed by atoms with E-state index in [0.29, 0.717) is 24.2 Å². The fourth-order valence-corrected chi connectivity index (χ4v) is 4.72. The molecule has 0 amide bonds. The van der Waals surface area contributed by atoms with Crippen LogP contribution in [0.4, 0.5) is 0 Å². The van der Waals surface area contributed by atoms with Crippen LogP contribution in [0.15, 0.2) is 48.5 Å². The predicted octanol–water partition coefficient (Wildman–Crippen LogP) is 5.28. The van der Waals surface area contributed by atoms with E-state index in [9.17, 15) is 9.59 Å². The number of hydrogen-bond donors (Lipinski definition) is 0. The summed E-state index contributed by atoms with van der Waals surface area (Å²) in [4.78, 5) is 23.1. The number of nitriles is 1. The zero-order valence-corrected chi connectivity index (χ0v) is 17.6. The van der Waals surface area contributed by atoms with Gasteiger partial charge < -0.3 is 9.53 Å². The lowest BCUT2D eigenvalue weighted by molar-refractivity contribution is -0.132. The van der Waals surface area contributed by atoms with Gasteiger partial charge in [-0.1, -0.05) is 49.2 Å². The molecule has 2 aromatic rings. The van der Waals surface area contributed by atoms with Crippen LogP contribution < -0.4 is 0 Å². The Morgan fingerprint density at radius 1 is 1.17 bits per heavy atom. The van der Waals surface area contributed by atoms with Crippen molar-refractivity contribution in [2.75, 3.05) is 7.11 Å². The van der Waals surface area contributed by atoms with Gasteiger partial charge in [-0.2, -0.15) is 5.26 Å². The molecule has 0 saturated heterocycles. The monoisotopic (exact) mass is 403 g/mol. The number of hydrogen-bond acceptors (Lipinski definition) is 4. The molecular weight excluding hydrogens is 374 g/mol. The van der Waals surface area contributed by atoms with Gasteiger partial charge >= 0.3 is 0 Å². The number of rotatable bonds is 10. The van der Waals surface area contributed by atoms with Crippen molar-refractivity contribution in [3.8, 4) is 17.2 Å². The normalized spacial score (nSPS) is 16.0. The zero-order valence-electron chi connectivity index (χ0n) is 17.6. The number of ether oxygens (including phenoxy) is 1. The first-order chi connectivity index (χ1) is 14.6. The molecule has 0 spiro atoms. The van der Waals surface area contributed by atoms with Crippen LogP contribution >= 0.6 is 0 Å². The van der Waals surface area contributed by atoms with Crippen LogP contribution in [0.3, 0.4) is 0 Å². The molecule has 30 heavy (non-hydrogen) atoms. The summed E-state index contributed by atoms with van der Waals surface area (Å²) in [5.41, 5.74) is 3.45. The van der Waals surface area contributed by atoms with E-state index < -0.39 is 5.60 Å². The molecule has 1 aliphatic carbocycles. The fraction of sp³-hybridized carbons (Fsp3) is 0.423. The van der Waals surface area contributed by atoms with E-state index in [1.54, 1.807) is 13.2 Å². The average Bonchev–Trinajstić information content (AvgIpc) is 3.33. The van der Waals surface area contributed by atoms with E-state index in [1.165, 1.54) is 18.4 Å². The highest BCUT2D eigenvalue weighted by Crippen LogP contribution is 2.41. The fourth-order valence-electron chi connectivity index (χ4n) is 4.72. The molecule has 1 fully saturated rings. The molecule has 0 radical (unpaired) electrons. The third-order valence-electron chi connectivity index (χ3n) is 6.43. The summed E-state index contributed by atoms with van der Waals surface area (Å²) in [5.74, 6) is 0.331. The van der Waals surface area contributed by atoms with E-state index in [0.717, 1.165) is 36.8 Å². The van der Waals surface area contributed by atoms with Crippen molar-refractivity contribution >= 4 is 12.1 Å². The van der Waals surface area contributed by atoms with Gasteiger partial charge in [0.15, 0.2) is 0 Å². The van der Waals surface area contributed by atoms with Gasteiger partial charge in [-0.25, -0.2) is 0 Å². The molecule has 156 valence electrons. The van der Waals surface area contributed by atoms with E-state index in [4.69, 9.17) is 10.00 Å². The first kappa shape index (κ1) is 21.9. The lowest BCUT2D eigenvalue weighted by Gasteiger charge is -2.38. The molecular formula is C26H29NO3. The molecule has 1 saturated carbocycles. The Hall–Kier alpha value is -2.77. The third-order valence-corrected chi connectivity index (χ3v) is 6.43. The minimum atomic E-state index is -0.490. The topological polar surface area (TPSA) is 67.2 Å². The Labute approximate surface area is 178 Å². The van der Waals surface area contributed by atoms with Crippen molar-refractivity contribution in [1.29, 1.82) is 5.26 Å². The number of Topliss-reactive ketones (excluding diaryl/α,β-unsaturated/α-hetero) is 1. The van der Waals surface area contributed by atoms with E-state index in [-0.39, 0.29) is 12.2 Å². The van der Waals surface area contributed by atoms with Gasteiger partial charge in [-0.15, -0.1) is 0 Å². The largest absolute Gasteiger partial charge is 0.377 e. The van der Waals surface area contributed by atoms with Gasteiger partial charge in [0.05, 0.1) is 23.7 Å². The minimum absolute atomic E-state index is 0.0334. The number of benzene rings is 2. The van der Waals surface area contributed by atoms with Gasteiger partial charge in [-0.3, -0.25) is 4.79 Å².